The van der Waals surface area contributed by atoms with Crippen LogP contribution in [0.2, 0.25) is 0 Å². The molecule has 7 nitrogen and oxygen atoms in total. The van der Waals surface area contributed by atoms with Crippen LogP contribution in [0.3, 0.4) is 0 Å². The Kier molecular flexibility index (Phi) is 6.56. The second-order valence-electron chi connectivity index (χ2n) is 4.71. The number of amides is 2. The number of hydrogen-bond acceptors (Lipinski definition) is 5. The minimum Gasteiger partial charge on any atom is -0.454 e. The van der Waals surface area contributed by atoms with Crippen LogP contribution in [0.25, 0.3) is 0 Å². The van der Waals surface area contributed by atoms with Crippen molar-refractivity contribution in [2.75, 3.05) is 13.2 Å². The highest BCUT2D eigenvalue weighted by Crippen LogP contribution is 2.13. The maximum Gasteiger partial charge on any atom is 0.325 e. The van der Waals surface area contributed by atoms with Gasteiger partial charge in [0.2, 0.25) is 0 Å². The first-order valence-electron chi connectivity index (χ1n) is 7.04. The summed E-state index contributed by atoms with van der Waals surface area (Å²) in [6.45, 7) is -0.418. The van der Waals surface area contributed by atoms with Gasteiger partial charge in [-0.15, -0.1) is 0 Å². The molecule has 0 unspecified atom stereocenters. The molecule has 0 aliphatic rings. The molecule has 2 amide bonds. The average Bonchev–Trinajstić information content (AvgIpc) is 3.03. The third-order valence-electron chi connectivity index (χ3n) is 2.89. The third-order valence-corrected chi connectivity index (χ3v) is 3.31. The molecule has 1 heterocycles. The van der Waals surface area contributed by atoms with Crippen molar-refractivity contribution in [3.05, 3.63) is 58.5 Å². The highest BCUT2D eigenvalue weighted by molar-refractivity contribution is 9.10. The number of benzene rings is 1. The van der Waals surface area contributed by atoms with Gasteiger partial charge in [-0.2, -0.15) is 0 Å². The highest BCUT2D eigenvalue weighted by Gasteiger charge is 2.13. The van der Waals surface area contributed by atoms with Crippen LogP contribution in [0.4, 0.5) is 0 Å². The molecule has 2 aromatic rings. The minimum atomic E-state index is -0.719. The lowest BCUT2D eigenvalue weighted by Gasteiger charge is -2.07. The van der Waals surface area contributed by atoms with E-state index in [1.807, 2.05) is 30.3 Å². The number of hydrogen-bond donors (Lipinski definition) is 2. The molecule has 8 heteroatoms. The lowest BCUT2D eigenvalue weighted by atomic mass is 10.2. The monoisotopic (exact) mass is 394 g/mol. The maximum absolute atomic E-state index is 11.6. The molecule has 126 valence electrons. The Balaban J connectivity index is 1.63. The van der Waals surface area contributed by atoms with Crippen LogP contribution in [0.5, 0.6) is 0 Å². The summed E-state index contributed by atoms with van der Waals surface area (Å²) in [5.74, 6) is -1.63. The molecule has 1 aromatic heterocycles. The molecule has 0 saturated heterocycles. The van der Waals surface area contributed by atoms with Crippen molar-refractivity contribution in [3.8, 4) is 0 Å². The van der Waals surface area contributed by atoms with Crippen molar-refractivity contribution in [2.45, 2.75) is 6.54 Å². The van der Waals surface area contributed by atoms with Gasteiger partial charge in [-0.05, 0) is 33.6 Å². The molecule has 0 radical (unpaired) electrons. The number of ether oxygens (including phenoxy) is 1. The molecule has 24 heavy (non-hydrogen) atoms. The first-order valence-corrected chi connectivity index (χ1v) is 7.83. The van der Waals surface area contributed by atoms with Gasteiger partial charge in [-0.3, -0.25) is 14.4 Å². The summed E-state index contributed by atoms with van der Waals surface area (Å²) in [7, 11) is 0. The number of carbonyl (C=O) groups is 3. The minimum absolute atomic E-state index is 0.0651. The van der Waals surface area contributed by atoms with E-state index in [9.17, 15) is 14.4 Å². The summed E-state index contributed by atoms with van der Waals surface area (Å²) < 4.78 is 10.2. The number of halogens is 1. The quantitative estimate of drug-likeness (QED) is 0.695. The van der Waals surface area contributed by atoms with Gasteiger partial charge in [0.15, 0.2) is 17.0 Å². The van der Waals surface area contributed by atoms with E-state index in [0.717, 1.165) is 5.56 Å². The Hall–Kier alpha value is -2.61. The maximum atomic E-state index is 11.6. The Labute approximate surface area is 146 Å². The molecule has 0 aliphatic carbocycles. The van der Waals surface area contributed by atoms with Crippen LogP contribution >= 0.6 is 15.9 Å². The van der Waals surface area contributed by atoms with Crippen LogP contribution in [0.1, 0.15) is 16.1 Å². The molecule has 2 rings (SSSR count). The molecular formula is C16H15BrN2O5. The summed E-state index contributed by atoms with van der Waals surface area (Å²) in [4.78, 5) is 34.7. The molecule has 0 aliphatic heterocycles. The molecule has 0 spiro atoms. The third kappa shape index (κ3) is 5.88. The van der Waals surface area contributed by atoms with Crippen LogP contribution in [0, 0.1) is 0 Å². The van der Waals surface area contributed by atoms with Gasteiger partial charge in [0, 0.05) is 6.54 Å². The Morgan fingerprint density at radius 1 is 1.04 bits per heavy atom. The molecule has 0 bridgehead atoms. The lowest BCUT2D eigenvalue weighted by Crippen LogP contribution is -2.33. The Morgan fingerprint density at radius 3 is 2.46 bits per heavy atom. The van der Waals surface area contributed by atoms with Crippen LogP contribution in [-0.4, -0.2) is 30.9 Å². The zero-order chi connectivity index (χ0) is 17.4. The number of nitrogens with one attached hydrogen (secondary N) is 2. The second-order valence-corrected chi connectivity index (χ2v) is 5.49. The van der Waals surface area contributed by atoms with Gasteiger partial charge in [0.1, 0.15) is 6.54 Å². The summed E-state index contributed by atoms with van der Waals surface area (Å²) in [6.07, 6.45) is 0. The molecule has 1 aromatic carbocycles. The standard InChI is InChI=1S/C16H15BrN2O5/c17-13-7-6-12(24-13)16(22)19-9-15(21)23-10-14(20)18-8-11-4-2-1-3-5-11/h1-7H,8-10H2,(H,18,20)(H,19,22). The van der Waals surface area contributed by atoms with Crippen LogP contribution < -0.4 is 10.6 Å². The molecular weight excluding hydrogens is 380 g/mol. The first kappa shape index (κ1) is 17.7. The van der Waals surface area contributed by atoms with Gasteiger partial charge in [0.25, 0.3) is 11.8 Å². The molecule has 0 fully saturated rings. The summed E-state index contributed by atoms with van der Waals surface area (Å²) >= 11 is 3.07. The predicted octanol–water partition coefficient (Wildman–Crippen LogP) is 1.63. The van der Waals surface area contributed by atoms with Crippen LogP contribution in [0.15, 0.2) is 51.6 Å². The van der Waals surface area contributed by atoms with E-state index in [1.54, 1.807) is 6.07 Å². The van der Waals surface area contributed by atoms with E-state index in [1.165, 1.54) is 6.07 Å². The molecule has 0 saturated carbocycles. The van der Waals surface area contributed by atoms with Crippen molar-refractivity contribution < 1.29 is 23.5 Å². The summed E-state index contributed by atoms with van der Waals surface area (Å²) in [5, 5.41) is 4.96. The van der Waals surface area contributed by atoms with Crippen molar-refractivity contribution in [1.29, 1.82) is 0 Å². The topological polar surface area (TPSA) is 97.6 Å². The fraction of sp³-hybridized carbons (Fsp3) is 0.188. The zero-order valence-electron chi connectivity index (χ0n) is 12.6. The van der Waals surface area contributed by atoms with E-state index in [2.05, 4.69) is 26.6 Å². The zero-order valence-corrected chi connectivity index (χ0v) is 14.2. The summed E-state index contributed by atoms with van der Waals surface area (Å²) in [6, 6.07) is 12.4. The van der Waals surface area contributed by atoms with Gasteiger partial charge in [0.05, 0.1) is 0 Å². The number of esters is 1. The van der Waals surface area contributed by atoms with Crippen molar-refractivity contribution >= 4 is 33.7 Å². The van der Waals surface area contributed by atoms with E-state index in [-0.39, 0.29) is 12.3 Å². The number of rotatable bonds is 7. The SMILES string of the molecule is O=C(COC(=O)CNC(=O)c1ccc(Br)o1)NCc1ccccc1. The van der Waals surface area contributed by atoms with E-state index >= 15 is 0 Å². The second kappa shape index (κ2) is 8.88. The fourth-order valence-corrected chi connectivity index (χ4v) is 2.03. The predicted molar refractivity (Wildman–Crippen MR) is 88.0 cm³/mol. The van der Waals surface area contributed by atoms with E-state index in [4.69, 9.17) is 9.15 Å². The normalized spacial score (nSPS) is 10.0. The summed E-state index contributed by atoms with van der Waals surface area (Å²) in [5.41, 5.74) is 0.939. The van der Waals surface area contributed by atoms with E-state index < -0.39 is 24.4 Å². The largest absolute Gasteiger partial charge is 0.454 e. The number of furan rings is 1. The average molecular weight is 395 g/mol. The lowest BCUT2D eigenvalue weighted by molar-refractivity contribution is -0.147. The van der Waals surface area contributed by atoms with Gasteiger partial charge in [-0.1, -0.05) is 30.3 Å². The highest BCUT2D eigenvalue weighted by atomic mass is 79.9. The van der Waals surface area contributed by atoms with Gasteiger partial charge < -0.3 is 19.8 Å². The first-order chi connectivity index (χ1) is 11.5. The van der Waals surface area contributed by atoms with Gasteiger partial charge in [-0.25, -0.2) is 0 Å². The van der Waals surface area contributed by atoms with Crippen LogP contribution in [-0.2, 0) is 20.9 Å². The van der Waals surface area contributed by atoms with E-state index in [0.29, 0.717) is 11.2 Å². The van der Waals surface area contributed by atoms with Crippen molar-refractivity contribution in [1.82, 2.24) is 10.6 Å². The van der Waals surface area contributed by atoms with Crippen molar-refractivity contribution in [3.63, 3.8) is 0 Å². The smallest absolute Gasteiger partial charge is 0.325 e. The number of carbonyl (C=O) groups excluding carboxylic acids is 3. The van der Waals surface area contributed by atoms with Gasteiger partial charge >= 0.3 is 5.97 Å². The molecule has 2 N–H and O–H groups in total. The van der Waals surface area contributed by atoms with Crippen molar-refractivity contribution in [2.24, 2.45) is 0 Å². The Morgan fingerprint density at radius 2 is 1.79 bits per heavy atom. The molecule has 0 atom stereocenters. The fourth-order valence-electron chi connectivity index (χ4n) is 1.72. The Bertz CT molecular complexity index is 714.